The molecule has 1 atom stereocenters. The fraction of sp³-hybridized carbons (Fsp3) is 0.278. The van der Waals surface area contributed by atoms with E-state index in [4.69, 9.17) is 5.73 Å². The minimum Gasteiger partial charge on any atom is -0.479 e. The Hall–Kier alpha value is -2.49. The summed E-state index contributed by atoms with van der Waals surface area (Å²) in [7, 11) is 0. The summed E-state index contributed by atoms with van der Waals surface area (Å²) in [6, 6.07) is 8.39. The quantitative estimate of drug-likeness (QED) is 0.752. The van der Waals surface area contributed by atoms with Gasteiger partial charge in [-0.3, -0.25) is 0 Å². The third-order valence-electron chi connectivity index (χ3n) is 4.35. The number of benzene rings is 2. The zero-order chi connectivity index (χ0) is 16.4. The Morgan fingerprint density at radius 2 is 1.50 bits per heavy atom. The van der Waals surface area contributed by atoms with Crippen molar-refractivity contribution in [2.45, 2.75) is 33.7 Å². The molecule has 0 aliphatic carbocycles. The molecule has 116 valence electrons. The number of carboxylic acid groups (broad SMARTS) is 1. The van der Waals surface area contributed by atoms with E-state index in [9.17, 15) is 9.90 Å². The lowest BCUT2D eigenvalue weighted by molar-refractivity contribution is -0.138. The highest BCUT2D eigenvalue weighted by Gasteiger charge is 2.22. The average molecular weight is 298 g/mol. The normalized spacial score (nSPS) is 12.0. The van der Waals surface area contributed by atoms with E-state index in [1.165, 1.54) is 0 Å². The maximum atomic E-state index is 11.7. The number of hydrogen-bond acceptors (Lipinski definition) is 3. The first kappa shape index (κ1) is 15.9. The molecule has 0 aromatic heterocycles. The number of nitrogens with one attached hydrogen (secondary N) is 1. The van der Waals surface area contributed by atoms with Crippen molar-refractivity contribution in [1.82, 2.24) is 0 Å². The first-order valence-corrected chi connectivity index (χ1v) is 7.24. The predicted octanol–water partition coefficient (Wildman–Crippen LogP) is 3.74. The van der Waals surface area contributed by atoms with Crippen molar-refractivity contribution < 1.29 is 9.90 Å². The summed E-state index contributed by atoms with van der Waals surface area (Å²) in [5, 5.41) is 12.8. The molecule has 0 spiro atoms. The lowest BCUT2D eigenvalue weighted by atomic mass is 9.95. The molecule has 0 radical (unpaired) electrons. The molecule has 22 heavy (non-hydrogen) atoms. The molecule has 1 unspecified atom stereocenters. The number of aliphatic carboxylic acids is 1. The molecule has 0 bridgehead atoms. The van der Waals surface area contributed by atoms with Crippen LogP contribution in [0.3, 0.4) is 0 Å². The van der Waals surface area contributed by atoms with Crippen LogP contribution in [0.1, 0.15) is 33.9 Å². The van der Waals surface area contributed by atoms with Gasteiger partial charge in [0.15, 0.2) is 6.04 Å². The van der Waals surface area contributed by atoms with Crippen LogP contribution in [0.4, 0.5) is 11.4 Å². The average Bonchev–Trinajstić information content (AvgIpc) is 2.51. The lowest BCUT2D eigenvalue weighted by Gasteiger charge is -2.23. The highest BCUT2D eigenvalue weighted by atomic mass is 16.4. The molecule has 0 aliphatic heterocycles. The number of nitrogens with two attached hydrogens (primary N) is 1. The largest absolute Gasteiger partial charge is 0.479 e. The Morgan fingerprint density at radius 3 is 1.95 bits per heavy atom. The molecule has 0 aliphatic rings. The Morgan fingerprint density at radius 1 is 1.00 bits per heavy atom. The third kappa shape index (κ3) is 2.77. The van der Waals surface area contributed by atoms with E-state index >= 15 is 0 Å². The minimum atomic E-state index is -0.905. The van der Waals surface area contributed by atoms with Gasteiger partial charge in [-0.15, -0.1) is 0 Å². The van der Waals surface area contributed by atoms with Crippen LogP contribution in [0.2, 0.25) is 0 Å². The molecule has 0 saturated heterocycles. The Balaban J connectivity index is 2.51. The van der Waals surface area contributed by atoms with Gasteiger partial charge in [-0.2, -0.15) is 0 Å². The van der Waals surface area contributed by atoms with Crippen LogP contribution in [0.25, 0.3) is 0 Å². The highest BCUT2D eigenvalue weighted by molar-refractivity contribution is 5.81. The molecule has 4 N–H and O–H groups in total. The minimum absolute atomic E-state index is 0.723. The number of rotatable bonds is 4. The maximum absolute atomic E-state index is 11.7. The molecule has 2 rings (SSSR count). The second-order valence-corrected chi connectivity index (χ2v) is 5.61. The van der Waals surface area contributed by atoms with E-state index in [-0.39, 0.29) is 0 Å². The van der Waals surface area contributed by atoms with Gasteiger partial charge in [-0.05, 0) is 55.5 Å². The molecule has 4 nitrogen and oxygen atoms in total. The Bertz CT molecular complexity index is 680. The first-order valence-electron chi connectivity index (χ1n) is 7.24. The van der Waals surface area contributed by atoms with Crippen LogP contribution < -0.4 is 11.1 Å². The van der Waals surface area contributed by atoms with Gasteiger partial charge in [0, 0.05) is 11.4 Å². The predicted molar refractivity (Wildman–Crippen MR) is 90.2 cm³/mol. The van der Waals surface area contributed by atoms with Gasteiger partial charge in [-0.25, -0.2) is 4.79 Å². The third-order valence-corrected chi connectivity index (χ3v) is 4.35. The zero-order valence-corrected chi connectivity index (χ0v) is 13.4. The van der Waals surface area contributed by atoms with Gasteiger partial charge in [0.25, 0.3) is 0 Å². The zero-order valence-electron chi connectivity index (χ0n) is 13.4. The molecule has 2 aromatic carbocycles. The van der Waals surface area contributed by atoms with Crippen LogP contribution in [0, 0.1) is 27.7 Å². The van der Waals surface area contributed by atoms with E-state index in [0.717, 1.165) is 39.2 Å². The number of carboxylic acids is 1. The van der Waals surface area contributed by atoms with E-state index in [2.05, 4.69) is 5.32 Å². The molecule has 4 heteroatoms. The van der Waals surface area contributed by atoms with Gasteiger partial charge >= 0.3 is 5.97 Å². The van der Waals surface area contributed by atoms with Gasteiger partial charge in [-0.1, -0.05) is 30.3 Å². The van der Waals surface area contributed by atoms with Crippen molar-refractivity contribution in [1.29, 1.82) is 0 Å². The second-order valence-electron chi connectivity index (χ2n) is 5.61. The number of anilines is 2. The lowest BCUT2D eigenvalue weighted by Crippen LogP contribution is -2.22. The molecular formula is C18H22N2O2. The monoisotopic (exact) mass is 298 g/mol. The first-order chi connectivity index (χ1) is 10.3. The standard InChI is InChI=1S/C18H22N2O2/c1-10-12(3)16(13(4)11(2)15(10)19)20-17(18(21)22)14-8-6-5-7-9-14/h5-9,17,20H,19H2,1-4H3,(H,21,22). The van der Waals surface area contributed by atoms with E-state index in [0.29, 0.717) is 0 Å². The van der Waals surface area contributed by atoms with E-state index in [1.54, 1.807) is 0 Å². The van der Waals surface area contributed by atoms with Crippen LogP contribution in [-0.2, 0) is 4.79 Å². The summed E-state index contributed by atoms with van der Waals surface area (Å²) in [5.74, 6) is -0.905. The van der Waals surface area contributed by atoms with Crippen LogP contribution >= 0.6 is 0 Å². The summed E-state index contributed by atoms with van der Waals surface area (Å²) in [5.41, 5.74) is 12.4. The van der Waals surface area contributed by atoms with Crippen LogP contribution in [-0.4, -0.2) is 11.1 Å². The van der Waals surface area contributed by atoms with Crippen LogP contribution in [0.15, 0.2) is 30.3 Å². The SMILES string of the molecule is Cc1c(C)c(NC(C(=O)O)c2ccccc2)c(C)c(C)c1N. The summed E-state index contributed by atoms with van der Waals surface area (Å²) in [6.07, 6.45) is 0. The number of hydrogen-bond donors (Lipinski definition) is 3. The van der Waals surface area contributed by atoms with E-state index in [1.807, 2.05) is 58.0 Å². The number of nitrogen functional groups attached to an aromatic ring is 1. The summed E-state index contributed by atoms with van der Waals surface area (Å²) in [4.78, 5) is 11.7. The fourth-order valence-electron chi connectivity index (χ4n) is 2.64. The molecule has 0 heterocycles. The molecular weight excluding hydrogens is 276 g/mol. The topological polar surface area (TPSA) is 75.3 Å². The van der Waals surface area contributed by atoms with Gasteiger partial charge in [0.05, 0.1) is 0 Å². The second kappa shape index (κ2) is 6.10. The number of carbonyl (C=O) groups is 1. The summed E-state index contributed by atoms with van der Waals surface area (Å²) < 4.78 is 0. The molecule has 0 saturated carbocycles. The van der Waals surface area contributed by atoms with Crippen molar-refractivity contribution in [2.75, 3.05) is 11.1 Å². The van der Waals surface area contributed by atoms with Crippen molar-refractivity contribution in [2.24, 2.45) is 0 Å². The Labute approximate surface area is 131 Å². The van der Waals surface area contributed by atoms with E-state index < -0.39 is 12.0 Å². The van der Waals surface area contributed by atoms with Gasteiger partial charge in [0.2, 0.25) is 0 Å². The highest BCUT2D eigenvalue weighted by Crippen LogP contribution is 2.34. The van der Waals surface area contributed by atoms with Crippen molar-refractivity contribution in [3.05, 3.63) is 58.1 Å². The van der Waals surface area contributed by atoms with Crippen LogP contribution in [0.5, 0.6) is 0 Å². The smallest absolute Gasteiger partial charge is 0.330 e. The maximum Gasteiger partial charge on any atom is 0.330 e. The van der Waals surface area contributed by atoms with Crippen molar-refractivity contribution >= 4 is 17.3 Å². The van der Waals surface area contributed by atoms with Gasteiger partial charge < -0.3 is 16.2 Å². The molecule has 0 fully saturated rings. The molecule has 2 aromatic rings. The molecule has 0 amide bonds. The van der Waals surface area contributed by atoms with Gasteiger partial charge in [0.1, 0.15) is 0 Å². The van der Waals surface area contributed by atoms with Crippen molar-refractivity contribution in [3.63, 3.8) is 0 Å². The fourth-order valence-corrected chi connectivity index (χ4v) is 2.64. The summed E-state index contributed by atoms with van der Waals surface area (Å²) in [6.45, 7) is 7.84. The summed E-state index contributed by atoms with van der Waals surface area (Å²) >= 11 is 0. The van der Waals surface area contributed by atoms with Crippen molar-refractivity contribution in [3.8, 4) is 0 Å². The Kier molecular flexibility index (Phi) is 4.40.